The number of hydrogen-bond donors (Lipinski definition) is 1. The smallest absolute Gasteiger partial charge is 0.410 e. The normalized spacial score (nSPS) is 21.0. The lowest BCUT2D eigenvalue weighted by Crippen LogP contribution is -2.39. The van der Waals surface area contributed by atoms with E-state index in [0.717, 1.165) is 0 Å². The van der Waals surface area contributed by atoms with Crippen molar-refractivity contribution in [3.8, 4) is 0 Å². The molecule has 1 aliphatic rings. The number of nitrogens with zero attached hydrogens (tertiary/aromatic N) is 1. The molecule has 1 heterocycles. The van der Waals surface area contributed by atoms with Crippen LogP contribution in [0.2, 0.25) is 0 Å². The maximum Gasteiger partial charge on any atom is 0.410 e. The standard InChI is InChI=1S/C17H24FNO5S/c1-17(2,3)24-16(21)19-10-9-12(11-19)14(20)15(18)25(22,23)13-7-5-4-6-8-13/h4-8,12,14-15,20H,9-11H2,1-3H3/t12-,14?,15?/m0/s1. The number of rotatable bonds is 4. The maximum absolute atomic E-state index is 14.5. The monoisotopic (exact) mass is 373 g/mol. The number of sulfone groups is 1. The molecule has 2 rings (SSSR count). The van der Waals surface area contributed by atoms with Crippen LogP contribution in [0.5, 0.6) is 0 Å². The van der Waals surface area contributed by atoms with Gasteiger partial charge in [-0.3, -0.25) is 0 Å². The molecule has 1 amide bonds. The third kappa shape index (κ3) is 4.70. The number of carbonyl (C=O) groups is 1. The molecule has 140 valence electrons. The number of benzene rings is 1. The zero-order chi connectivity index (χ0) is 18.8. The molecule has 0 spiro atoms. The summed E-state index contributed by atoms with van der Waals surface area (Å²) in [6.07, 6.45) is -1.95. The first kappa shape index (κ1) is 19.7. The summed E-state index contributed by atoms with van der Waals surface area (Å²) < 4.78 is 44.4. The van der Waals surface area contributed by atoms with Gasteiger partial charge in [0.1, 0.15) is 11.7 Å². The Morgan fingerprint density at radius 1 is 1.32 bits per heavy atom. The van der Waals surface area contributed by atoms with Crippen LogP contribution in [0.1, 0.15) is 27.2 Å². The van der Waals surface area contributed by atoms with Gasteiger partial charge < -0.3 is 14.7 Å². The van der Waals surface area contributed by atoms with Crippen LogP contribution >= 0.6 is 0 Å². The lowest BCUT2D eigenvalue weighted by Gasteiger charge is -2.25. The zero-order valence-electron chi connectivity index (χ0n) is 14.6. The summed E-state index contributed by atoms with van der Waals surface area (Å²) in [5.74, 6) is -0.666. The second kappa shape index (κ2) is 7.29. The van der Waals surface area contributed by atoms with Crippen LogP contribution < -0.4 is 0 Å². The summed E-state index contributed by atoms with van der Waals surface area (Å²) in [6, 6.07) is 7.18. The van der Waals surface area contributed by atoms with E-state index < -0.39 is 39.1 Å². The molecule has 1 fully saturated rings. The second-order valence-corrected chi connectivity index (χ2v) is 9.19. The number of ether oxygens (including phenoxy) is 1. The van der Waals surface area contributed by atoms with Crippen molar-refractivity contribution in [1.29, 1.82) is 0 Å². The summed E-state index contributed by atoms with van der Waals surface area (Å²) in [6.45, 7) is 5.54. The zero-order valence-corrected chi connectivity index (χ0v) is 15.4. The summed E-state index contributed by atoms with van der Waals surface area (Å²) in [7, 11) is -4.29. The highest BCUT2D eigenvalue weighted by Gasteiger charge is 2.42. The topological polar surface area (TPSA) is 83.9 Å². The lowest BCUT2D eigenvalue weighted by molar-refractivity contribution is 0.0247. The van der Waals surface area contributed by atoms with Gasteiger partial charge in [-0.1, -0.05) is 18.2 Å². The van der Waals surface area contributed by atoms with E-state index in [2.05, 4.69) is 0 Å². The molecule has 1 saturated heterocycles. The van der Waals surface area contributed by atoms with E-state index >= 15 is 0 Å². The molecular formula is C17H24FNO5S. The quantitative estimate of drug-likeness (QED) is 0.876. The van der Waals surface area contributed by atoms with E-state index in [0.29, 0.717) is 6.42 Å². The summed E-state index contributed by atoms with van der Waals surface area (Å²) in [5, 5.41) is 10.2. The Bertz CT molecular complexity index is 701. The average molecular weight is 373 g/mol. The summed E-state index contributed by atoms with van der Waals surface area (Å²) >= 11 is 0. The Kier molecular flexibility index (Phi) is 5.73. The van der Waals surface area contributed by atoms with Crippen LogP contribution in [0.4, 0.5) is 9.18 Å². The first-order valence-electron chi connectivity index (χ1n) is 8.11. The SMILES string of the molecule is CC(C)(C)OC(=O)N1CC[C@H](C(O)C(F)S(=O)(=O)c2ccccc2)C1. The predicted octanol–water partition coefficient (Wildman–Crippen LogP) is 2.37. The van der Waals surface area contributed by atoms with Crippen molar-refractivity contribution in [2.24, 2.45) is 5.92 Å². The minimum absolute atomic E-state index is 0.0564. The Hall–Kier alpha value is -1.67. The van der Waals surface area contributed by atoms with E-state index in [1.165, 1.54) is 29.2 Å². The van der Waals surface area contributed by atoms with Crippen LogP contribution in [-0.4, -0.2) is 54.8 Å². The molecule has 1 aliphatic heterocycles. The molecule has 25 heavy (non-hydrogen) atoms. The highest BCUT2D eigenvalue weighted by Crippen LogP contribution is 2.29. The molecule has 1 aromatic carbocycles. The highest BCUT2D eigenvalue weighted by atomic mass is 32.2. The molecular weight excluding hydrogens is 349 g/mol. The van der Waals surface area contributed by atoms with Crippen molar-refractivity contribution in [1.82, 2.24) is 4.90 Å². The van der Waals surface area contributed by atoms with E-state index in [-0.39, 0.29) is 18.0 Å². The van der Waals surface area contributed by atoms with Gasteiger partial charge in [-0.05, 0) is 39.3 Å². The van der Waals surface area contributed by atoms with Gasteiger partial charge in [0.2, 0.25) is 15.3 Å². The molecule has 0 bridgehead atoms. The van der Waals surface area contributed by atoms with Gasteiger partial charge >= 0.3 is 6.09 Å². The molecule has 2 unspecified atom stereocenters. The Morgan fingerprint density at radius 3 is 2.48 bits per heavy atom. The van der Waals surface area contributed by atoms with Crippen LogP contribution in [-0.2, 0) is 14.6 Å². The van der Waals surface area contributed by atoms with Crippen molar-refractivity contribution in [3.05, 3.63) is 30.3 Å². The van der Waals surface area contributed by atoms with E-state index in [1.807, 2.05) is 0 Å². The number of likely N-dealkylation sites (tertiary alicyclic amines) is 1. The highest BCUT2D eigenvalue weighted by molar-refractivity contribution is 7.92. The first-order valence-corrected chi connectivity index (χ1v) is 9.66. The fourth-order valence-corrected chi connectivity index (χ4v) is 4.08. The third-order valence-corrected chi connectivity index (χ3v) is 5.80. The molecule has 8 heteroatoms. The average Bonchev–Trinajstić information content (AvgIpc) is 3.03. The van der Waals surface area contributed by atoms with Gasteiger partial charge in [-0.2, -0.15) is 0 Å². The first-order chi connectivity index (χ1) is 11.5. The van der Waals surface area contributed by atoms with E-state index in [4.69, 9.17) is 4.74 Å². The van der Waals surface area contributed by atoms with Crippen molar-refractivity contribution < 1.29 is 27.4 Å². The summed E-state index contributed by atoms with van der Waals surface area (Å²) in [4.78, 5) is 13.2. The number of amides is 1. The minimum Gasteiger partial charge on any atom is -0.444 e. The van der Waals surface area contributed by atoms with E-state index in [9.17, 15) is 22.7 Å². The molecule has 0 saturated carbocycles. The van der Waals surface area contributed by atoms with Crippen molar-refractivity contribution in [2.75, 3.05) is 13.1 Å². The van der Waals surface area contributed by atoms with Gasteiger partial charge in [-0.25, -0.2) is 17.6 Å². The summed E-state index contributed by atoms with van der Waals surface area (Å²) in [5.41, 5.74) is -3.11. The van der Waals surface area contributed by atoms with Gasteiger partial charge in [0, 0.05) is 19.0 Å². The van der Waals surface area contributed by atoms with Gasteiger partial charge in [0.25, 0.3) is 0 Å². The fourth-order valence-electron chi connectivity index (χ4n) is 2.70. The molecule has 1 N–H and O–H groups in total. The van der Waals surface area contributed by atoms with Gasteiger partial charge in [0.15, 0.2) is 0 Å². The largest absolute Gasteiger partial charge is 0.444 e. The molecule has 0 aromatic heterocycles. The van der Waals surface area contributed by atoms with Crippen molar-refractivity contribution >= 4 is 15.9 Å². The number of aliphatic hydroxyl groups is 1. The van der Waals surface area contributed by atoms with Crippen LogP contribution in [0.15, 0.2) is 35.2 Å². The van der Waals surface area contributed by atoms with Crippen molar-refractivity contribution in [3.63, 3.8) is 0 Å². The Labute approximate surface area is 147 Å². The molecule has 3 atom stereocenters. The maximum atomic E-state index is 14.5. The van der Waals surface area contributed by atoms with Gasteiger partial charge in [0.05, 0.1) is 4.90 Å². The molecule has 1 aromatic rings. The number of aliphatic hydroxyl groups excluding tert-OH is 1. The van der Waals surface area contributed by atoms with Crippen LogP contribution in [0.25, 0.3) is 0 Å². The molecule has 6 nitrogen and oxygen atoms in total. The van der Waals surface area contributed by atoms with E-state index in [1.54, 1.807) is 26.8 Å². The molecule has 0 radical (unpaired) electrons. The Balaban J connectivity index is 2.04. The number of alkyl halides is 1. The third-order valence-electron chi connectivity index (χ3n) is 4.00. The van der Waals surface area contributed by atoms with Gasteiger partial charge in [-0.15, -0.1) is 0 Å². The number of hydrogen-bond acceptors (Lipinski definition) is 5. The van der Waals surface area contributed by atoms with Crippen molar-refractivity contribution in [2.45, 2.75) is 49.3 Å². The minimum atomic E-state index is -4.29. The number of carbonyl (C=O) groups excluding carboxylic acids is 1. The van der Waals surface area contributed by atoms with Crippen LogP contribution in [0, 0.1) is 5.92 Å². The molecule has 0 aliphatic carbocycles. The fraction of sp³-hybridized carbons (Fsp3) is 0.588. The van der Waals surface area contributed by atoms with Crippen LogP contribution in [0.3, 0.4) is 0 Å². The predicted molar refractivity (Wildman–Crippen MR) is 90.4 cm³/mol. The lowest BCUT2D eigenvalue weighted by atomic mass is 10.0. The Morgan fingerprint density at radius 2 is 1.92 bits per heavy atom. The number of halogens is 1. The second-order valence-electron chi connectivity index (χ2n) is 7.17.